The zero-order valence-electron chi connectivity index (χ0n) is 8.25. The van der Waals surface area contributed by atoms with Gasteiger partial charge in [0.05, 0.1) is 13.2 Å². The normalized spacial score (nSPS) is 10.8. The molecule has 0 aliphatic rings. The lowest BCUT2D eigenvalue weighted by atomic mass is 9.94. The summed E-state index contributed by atoms with van der Waals surface area (Å²) in [6.45, 7) is 8.62. The largest absolute Gasteiger partial charge is 0.465 e. The topological polar surface area (TPSA) is 52.6 Å². The third-order valence-electron chi connectivity index (χ3n) is 1.45. The fourth-order valence-corrected chi connectivity index (χ4v) is 0.664. The zero-order valence-corrected chi connectivity index (χ0v) is 8.25. The summed E-state index contributed by atoms with van der Waals surface area (Å²) in [5.41, 5.74) is -1.45. The van der Waals surface area contributed by atoms with Crippen LogP contribution in [0, 0.1) is 12.3 Å². The fourth-order valence-electron chi connectivity index (χ4n) is 0.664. The highest BCUT2D eigenvalue weighted by Crippen LogP contribution is 2.18. The molecule has 13 heavy (non-hydrogen) atoms. The molecule has 75 valence electrons. The molecule has 1 radical (unpaired) electrons. The first-order chi connectivity index (χ1) is 5.96. The summed E-state index contributed by atoms with van der Waals surface area (Å²) in [6, 6.07) is 0. The molecule has 0 aliphatic carbocycles. The first kappa shape index (κ1) is 11.9. The van der Waals surface area contributed by atoms with E-state index in [9.17, 15) is 9.59 Å². The van der Waals surface area contributed by atoms with Gasteiger partial charge in [-0.05, 0) is 27.7 Å². The minimum Gasteiger partial charge on any atom is -0.465 e. The van der Waals surface area contributed by atoms with Crippen LogP contribution in [0.15, 0.2) is 0 Å². The highest BCUT2D eigenvalue weighted by atomic mass is 16.6. The van der Waals surface area contributed by atoms with E-state index in [1.807, 2.05) is 0 Å². The highest BCUT2D eigenvalue weighted by molar-refractivity contribution is 6.00. The summed E-state index contributed by atoms with van der Waals surface area (Å²) in [7, 11) is 0. The van der Waals surface area contributed by atoms with Crippen molar-refractivity contribution >= 4 is 11.9 Å². The van der Waals surface area contributed by atoms with Gasteiger partial charge in [0, 0.05) is 0 Å². The third-order valence-corrected chi connectivity index (χ3v) is 1.45. The van der Waals surface area contributed by atoms with Crippen molar-refractivity contribution in [1.29, 1.82) is 0 Å². The van der Waals surface area contributed by atoms with Crippen LogP contribution in [0.25, 0.3) is 0 Å². The van der Waals surface area contributed by atoms with Crippen LogP contribution in [0.4, 0.5) is 0 Å². The molecule has 0 unspecified atom stereocenters. The van der Waals surface area contributed by atoms with Crippen molar-refractivity contribution in [2.45, 2.75) is 20.8 Å². The second-order valence-corrected chi connectivity index (χ2v) is 2.77. The van der Waals surface area contributed by atoms with E-state index in [1.54, 1.807) is 13.8 Å². The van der Waals surface area contributed by atoms with Crippen molar-refractivity contribution < 1.29 is 19.1 Å². The molecule has 0 atom stereocenters. The van der Waals surface area contributed by atoms with Gasteiger partial charge in [-0.15, -0.1) is 0 Å². The predicted molar refractivity (Wildman–Crippen MR) is 46.7 cm³/mol. The molecule has 0 fully saturated rings. The van der Waals surface area contributed by atoms with Crippen LogP contribution in [0.2, 0.25) is 0 Å². The lowest BCUT2D eigenvalue weighted by molar-refractivity contribution is -0.166. The summed E-state index contributed by atoms with van der Waals surface area (Å²) < 4.78 is 9.34. The summed E-state index contributed by atoms with van der Waals surface area (Å²) >= 11 is 0. The molecule has 0 saturated carbocycles. The number of carbonyl (C=O) groups is 2. The van der Waals surface area contributed by atoms with Gasteiger partial charge in [-0.25, -0.2) is 0 Å². The number of hydrogen-bond donors (Lipinski definition) is 0. The van der Waals surface area contributed by atoms with E-state index in [0.29, 0.717) is 0 Å². The Hall–Kier alpha value is -1.06. The Bertz CT molecular complexity index is 176. The molecular formula is C9H15O4. The molecule has 0 aromatic rings. The quantitative estimate of drug-likeness (QED) is 0.485. The summed E-state index contributed by atoms with van der Waals surface area (Å²) in [4.78, 5) is 22.4. The Balaban J connectivity index is 4.36. The second-order valence-electron chi connectivity index (χ2n) is 2.77. The smallest absolute Gasteiger partial charge is 0.323 e. The number of esters is 2. The Morgan fingerprint density at radius 2 is 1.46 bits per heavy atom. The van der Waals surface area contributed by atoms with Crippen LogP contribution in [0.5, 0.6) is 0 Å². The van der Waals surface area contributed by atoms with Crippen molar-refractivity contribution in [1.82, 2.24) is 0 Å². The summed E-state index contributed by atoms with van der Waals surface area (Å²) in [5.74, 6) is -1.32. The van der Waals surface area contributed by atoms with Gasteiger partial charge in [0.2, 0.25) is 0 Å². The molecule has 0 N–H and O–H groups in total. The van der Waals surface area contributed by atoms with Crippen LogP contribution in [-0.4, -0.2) is 25.2 Å². The van der Waals surface area contributed by atoms with Gasteiger partial charge in [-0.2, -0.15) is 0 Å². The van der Waals surface area contributed by atoms with Crippen LogP contribution in [0.3, 0.4) is 0 Å². The Morgan fingerprint density at radius 3 is 1.69 bits per heavy atom. The van der Waals surface area contributed by atoms with E-state index in [1.165, 1.54) is 6.92 Å². The molecule has 0 heterocycles. The van der Waals surface area contributed by atoms with Gasteiger partial charge >= 0.3 is 11.9 Å². The Labute approximate surface area is 78.2 Å². The molecular weight excluding hydrogens is 172 g/mol. The molecule has 0 bridgehead atoms. The third kappa shape index (κ3) is 3.05. The van der Waals surface area contributed by atoms with Crippen molar-refractivity contribution in [3.8, 4) is 0 Å². The number of hydrogen-bond acceptors (Lipinski definition) is 4. The molecule has 0 rings (SSSR count). The minimum atomic E-state index is -1.45. The number of rotatable bonds is 4. The lowest BCUT2D eigenvalue weighted by Crippen LogP contribution is -2.36. The van der Waals surface area contributed by atoms with E-state index < -0.39 is 17.4 Å². The molecule has 0 spiro atoms. The van der Waals surface area contributed by atoms with Crippen LogP contribution in [0.1, 0.15) is 20.8 Å². The molecule has 0 aliphatic heterocycles. The highest BCUT2D eigenvalue weighted by Gasteiger charge is 2.39. The average molecular weight is 187 g/mol. The second kappa shape index (κ2) is 4.84. The zero-order chi connectivity index (χ0) is 10.5. The van der Waals surface area contributed by atoms with E-state index in [-0.39, 0.29) is 13.2 Å². The monoisotopic (exact) mass is 187 g/mol. The van der Waals surface area contributed by atoms with Crippen molar-refractivity contribution in [2.24, 2.45) is 5.41 Å². The van der Waals surface area contributed by atoms with E-state index in [0.717, 1.165) is 0 Å². The van der Waals surface area contributed by atoms with Gasteiger partial charge in [-0.3, -0.25) is 9.59 Å². The number of ether oxygens (including phenoxy) is 2. The van der Waals surface area contributed by atoms with Crippen LogP contribution < -0.4 is 0 Å². The van der Waals surface area contributed by atoms with Gasteiger partial charge in [0.25, 0.3) is 0 Å². The van der Waals surface area contributed by atoms with Gasteiger partial charge in [0.15, 0.2) is 5.41 Å². The Kier molecular flexibility index (Phi) is 4.45. The maximum atomic E-state index is 11.2. The average Bonchev–Trinajstić information content (AvgIpc) is 2.05. The van der Waals surface area contributed by atoms with E-state index >= 15 is 0 Å². The SMILES string of the molecule is [CH2]C(C)(C(=O)OCC)C(=O)OCC. The van der Waals surface area contributed by atoms with E-state index in [2.05, 4.69) is 16.4 Å². The maximum absolute atomic E-state index is 11.2. The van der Waals surface area contributed by atoms with Crippen molar-refractivity contribution in [2.75, 3.05) is 13.2 Å². The molecule has 0 aromatic carbocycles. The lowest BCUT2D eigenvalue weighted by Gasteiger charge is -2.19. The summed E-state index contributed by atoms with van der Waals surface area (Å²) in [5, 5.41) is 0. The summed E-state index contributed by atoms with van der Waals surface area (Å²) in [6.07, 6.45) is 0. The van der Waals surface area contributed by atoms with Crippen molar-refractivity contribution in [3.63, 3.8) is 0 Å². The minimum absolute atomic E-state index is 0.226. The molecule has 0 saturated heterocycles. The van der Waals surface area contributed by atoms with E-state index in [4.69, 9.17) is 0 Å². The molecule has 4 heteroatoms. The standard InChI is InChI=1S/C9H15O4/c1-5-12-7(10)9(3,4)8(11)13-6-2/h3,5-6H2,1-2,4H3. The molecule has 4 nitrogen and oxygen atoms in total. The molecule has 0 aromatic heterocycles. The molecule has 0 amide bonds. The predicted octanol–water partition coefficient (Wildman–Crippen LogP) is 0.953. The van der Waals surface area contributed by atoms with Crippen molar-refractivity contribution in [3.05, 3.63) is 6.92 Å². The number of carbonyl (C=O) groups excluding carboxylic acids is 2. The first-order valence-corrected chi connectivity index (χ1v) is 4.16. The first-order valence-electron chi connectivity index (χ1n) is 4.16. The fraction of sp³-hybridized carbons (Fsp3) is 0.667. The van der Waals surface area contributed by atoms with Crippen LogP contribution in [-0.2, 0) is 19.1 Å². The maximum Gasteiger partial charge on any atom is 0.323 e. The van der Waals surface area contributed by atoms with Gasteiger partial charge < -0.3 is 9.47 Å². The van der Waals surface area contributed by atoms with Gasteiger partial charge in [0.1, 0.15) is 0 Å². The Morgan fingerprint density at radius 1 is 1.15 bits per heavy atom. The van der Waals surface area contributed by atoms with Crippen LogP contribution >= 0.6 is 0 Å². The van der Waals surface area contributed by atoms with Gasteiger partial charge in [-0.1, -0.05) is 0 Å².